The predicted molar refractivity (Wildman–Crippen MR) is 72.7 cm³/mol. The standard InChI is InChI=1S/C14H21FN2O/c1-9(14(2,3)4)7-13(18)17-12-8-10(16)5-6-11(12)15/h5-6,8-9H,7,16H2,1-4H3,(H,17,18). The second-order valence-electron chi connectivity index (χ2n) is 5.76. The third-order valence-electron chi connectivity index (χ3n) is 3.23. The first-order valence-corrected chi connectivity index (χ1v) is 6.05. The van der Waals surface area contributed by atoms with Crippen molar-refractivity contribution in [3.8, 4) is 0 Å². The molecule has 0 fully saturated rings. The van der Waals surface area contributed by atoms with Crippen LogP contribution < -0.4 is 11.1 Å². The molecule has 1 rings (SSSR count). The molecule has 100 valence electrons. The van der Waals surface area contributed by atoms with Gasteiger partial charge in [-0.3, -0.25) is 4.79 Å². The summed E-state index contributed by atoms with van der Waals surface area (Å²) in [5.74, 6) is -0.454. The number of hydrogen-bond acceptors (Lipinski definition) is 2. The first-order valence-electron chi connectivity index (χ1n) is 6.05. The van der Waals surface area contributed by atoms with Gasteiger partial charge in [0.2, 0.25) is 5.91 Å². The van der Waals surface area contributed by atoms with Crippen LogP contribution in [-0.4, -0.2) is 5.91 Å². The maximum atomic E-state index is 13.4. The summed E-state index contributed by atoms with van der Waals surface area (Å²) >= 11 is 0. The van der Waals surface area contributed by atoms with Crippen LogP contribution in [0.15, 0.2) is 18.2 Å². The van der Waals surface area contributed by atoms with Crippen LogP contribution in [0, 0.1) is 17.2 Å². The van der Waals surface area contributed by atoms with Gasteiger partial charge in [-0.15, -0.1) is 0 Å². The second kappa shape index (κ2) is 5.38. The van der Waals surface area contributed by atoms with Crippen molar-refractivity contribution in [2.24, 2.45) is 11.3 Å². The summed E-state index contributed by atoms with van der Waals surface area (Å²) in [5.41, 5.74) is 6.17. The third-order valence-corrected chi connectivity index (χ3v) is 3.23. The van der Waals surface area contributed by atoms with Crippen LogP contribution in [0.5, 0.6) is 0 Å². The van der Waals surface area contributed by atoms with Gasteiger partial charge in [0.15, 0.2) is 0 Å². The van der Waals surface area contributed by atoms with Crippen LogP contribution in [0.25, 0.3) is 0 Å². The van der Waals surface area contributed by atoms with Crippen molar-refractivity contribution in [3.05, 3.63) is 24.0 Å². The fraction of sp³-hybridized carbons (Fsp3) is 0.500. The van der Waals surface area contributed by atoms with Crippen LogP contribution in [0.2, 0.25) is 0 Å². The van der Waals surface area contributed by atoms with E-state index in [1.54, 1.807) is 0 Å². The highest BCUT2D eigenvalue weighted by atomic mass is 19.1. The van der Waals surface area contributed by atoms with Crippen LogP contribution in [0.1, 0.15) is 34.1 Å². The lowest BCUT2D eigenvalue weighted by molar-refractivity contribution is -0.117. The summed E-state index contributed by atoms with van der Waals surface area (Å²) in [7, 11) is 0. The summed E-state index contributed by atoms with van der Waals surface area (Å²) in [4.78, 5) is 11.8. The Morgan fingerprint density at radius 2 is 2.06 bits per heavy atom. The van der Waals surface area contributed by atoms with Gasteiger partial charge in [-0.25, -0.2) is 4.39 Å². The Morgan fingerprint density at radius 1 is 1.44 bits per heavy atom. The fourth-order valence-corrected chi connectivity index (χ4v) is 1.42. The van der Waals surface area contributed by atoms with E-state index >= 15 is 0 Å². The van der Waals surface area contributed by atoms with E-state index in [0.29, 0.717) is 12.1 Å². The van der Waals surface area contributed by atoms with E-state index in [2.05, 4.69) is 26.1 Å². The van der Waals surface area contributed by atoms with Gasteiger partial charge in [0, 0.05) is 12.1 Å². The molecule has 1 aromatic rings. The molecule has 1 aromatic carbocycles. The molecule has 0 aliphatic rings. The summed E-state index contributed by atoms with van der Waals surface area (Å²) in [6, 6.07) is 4.13. The lowest BCUT2D eigenvalue weighted by Crippen LogP contribution is -2.24. The Kier molecular flexibility index (Phi) is 4.33. The molecule has 3 nitrogen and oxygen atoms in total. The zero-order valence-corrected chi connectivity index (χ0v) is 11.4. The highest BCUT2D eigenvalue weighted by molar-refractivity contribution is 5.91. The number of benzene rings is 1. The van der Waals surface area contributed by atoms with Gasteiger partial charge in [0.1, 0.15) is 5.82 Å². The van der Waals surface area contributed by atoms with Gasteiger partial charge in [-0.05, 0) is 29.5 Å². The number of nitrogens with one attached hydrogen (secondary N) is 1. The van der Waals surface area contributed by atoms with Gasteiger partial charge in [-0.2, -0.15) is 0 Å². The molecular weight excluding hydrogens is 231 g/mol. The molecule has 0 spiro atoms. The number of carbonyl (C=O) groups is 1. The van der Waals surface area contributed by atoms with Crippen LogP contribution >= 0.6 is 0 Å². The molecule has 1 unspecified atom stereocenters. The van der Waals surface area contributed by atoms with E-state index in [1.165, 1.54) is 18.2 Å². The first-order chi connectivity index (χ1) is 8.20. The largest absolute Gasteiger partial charge is 0.399 e. The summed E-state index contributed by atoms with van der Waals surface area (Å²) in [6.07, 6.45) is 0.359. The maximum Gasteiger partial charge on any atom is 0.224 e. The van der Waals surface area contributed by atoms with Crippen LogP contribution in [0.3, 0.4) is 0 Å². The van der Waals surface area contributed by atoms with E-state index in [1.807, 2.05) is 6.92 Å². The molecule has 0 aliphatic carbocycles. The Bertz CT molecular complexity index is 438. The normalized spacial score (nSPS) is 13.2. The second-order valence-corrected chi connectivity index (χ2v) is 5.76. The Labute approximate surface area is 108 Å². The average molecular weight is 252 g/mol. The SMILES string of the molecule is CC(CC(=O)Nc1cc(N)ccc1F)C(C)(C)C. The Balaban J connectivity index is 2.68. The van der Waals surface area contributed by atoms with E-state index in [4.69, 9.17) is 5.73 Å². The quantitative estimate of drug-likeness (QED) is 0.810. The zero-order chi connectivity index (χ0) is 13.9. The van der Waals surface area contributed by atoms with Gasteiger partial charge in [0.05, 0.1) is 5.69 Å². The smallest absolute Gasteiger partial charge is 0.224 e. The fourth-order valence-electron chi connectivity index (χ4n) is 1.42. The molecular formula is C14H21FN2O. The van der Waals surface area contributed by atoms with Gasteiger partial charge >= 0.3 is 0 Å². The molecule has 18 heavy (non-hydrogen) atoms. The number of nitrogens with two attached hydrogens (primary N) is 1. The van der Waals surface area contributed by atoms with Gasteiger partial charge < -0.3 is 11.1 Å². The minimum Gasteiger partial charge on any atom is -0.399 e. The number of hydrogen-bond donors (Lipinski definition) is 2. The monoisotopic (exact) mass is 252 g/mol. The molecule has 0 aromatic heterocycles. The van der Waals surface area contributed by atoms with Crippen molar-refractivity contribution < 1.29 is 9.18 Å². The number of amides is 1. The first kappa shape index (κ1) is 14.5. The lowest BCUT2D eigenvalue weighted by atomic mass is 9.80. The maximum absolute atomic E-state index is 13.4. The van der Waals surface area contributed by atoms with Gasteiger partial charge in [-0.1, -0.05) is 27.7 Å². The predicted octanol–water partition coefficient (Wildman–Crippen LogP) is 3.42. The minimum atomic E-state index is -0.471. The van der Waals surface area contributed by atoms with E-state index in [-0.39, 0.29) is 22.9 Å². The Hall–Kier alpha value is -1.58. The number of carbonyl (C=O) groups excluding carboxylic acids is 1. The molecule has 0 saturated carbocycles. The van der Waals surface area contributed by atoms with Crippen molar-refractivity contribution >= 4 is 17.3 Å². The van der Waals surface area contributed by atoms with Crippen molar-refractivity contribution in [1.29, 1.82) is 0 Å². The molecule has 3 N–H and O–H groups in total. The topological polar surface area (TPSA) is 55.1 Å². The molecule has 1 amide bonds. The number of halogens is 1. The third kappa shape index (κ3) is 4.02. The lowest BCUT2D eigenvalue weighted by Gasteiger charge is -2.26. The van der Waals surface area contributed by atoms with Crippen molar-refractivity contribution in [2.75, 3.05) is 11.1 Å². The van der Waals surface area contributed by atoms with Crippen molar-refractivity contribution in [3.63, 3.8) is 0 Å². The Morgan fingerprint density at radius 3 is 2.61 bits per heavy atom. The number of nitrogen functional groups attached to an aromatic ring is 1. The molecule has 0 saturated heterocycles. The molecule has 4 heteroatoms. The molecule has 1 atom stereocenters. The highest BCUT2D eigenvalue weighted by Gasteiger charge is 2.22. The average Bonchev–Trinajstić information content (AvgIpc) is 2.22. The van der Waals surface area contributed by atoms with Gasteiger partial charge in [0.25, 0.3) is 0 Å². The van der Waals surface area contributed by atoms with E-state index in [9.17, 15) is 9.18 Å². The summed E-state index contributed by atoms with van der Waals surface area (Å²) in [6.45, 7) is 8.24. The molecule has 0 bridgehead atoms. The van der Waals surface area contributed by atoms with Crippen molar-refractivity contribution in [2.45, 2.75) is 34.1 Å². The molecule has 0 radical (unpaired) electrons. The number of rotatable bonds is 3. The molecule has 0 aliphatic heterocycles. The number of anilines is 2. The minimum absolute atomic E-state index is 0.0472. The van der Waals surface area contributed by atoms with Crippen LogP contribution in [0.4, 0.5) is 15.8 Å². The summed E-state index contributed by atoms with van der Waals surface area (Å²) < 4.78 is 13.4. The van der Waals surface area contributed by atoms with E-state index < -0.39 is 5.82 Å². The molecule has 0 heterocycles. The van der Waals surface area contributed by atoms with Crippen LogP contribution in [-0.2, 0) is 4.79 Å². The zero-order valence-electron chi connectivity index (χ0n) is 11.4. The highest BCUT2D eigenvalue weighted by Crippen LogP contribution is 2.28. The van der Waals surface area contributed by atoms with Crippen molar-refractivity contribution in [1.82, 2.24) is 0 Å². The van der Waals surface area contributed by atoms with E-state index in [0.717, 1.165) is 0 Å². The summed E-state index contributed by atoms with van der Waals surface area (Å²) in [5, 5.41) is 2.56.